The zero-order chi connectivity index (χ0) is 21.2. The lowest BCUT2D eigenvalue weighted by Crippen LogP contribution is -2.34. The van der Waals surface area contributed by atoms with Gasteiger partial charge in [-0.05, 0) is 42.9 Å². The van der Waals surface area contributed by atoms with E-state index in [0.29, 0.717) is 23.6 Å². The van der Waals surface area contributed by atoms with Gasteiger partial charge in [-0.3, -0.25) is 20.2 Å². The van der Waals surface area contributed by atoms with Gasteiger partial charge >= 0.3 is 0 Å². The van der Waals surface area contributed by atoms with Crippen LogP contribution in [-0.4, -0.2) is 22.5 Å². The van der Waals surface area contributed by atoms with Crippen LogP contribution < -0.4 is 15.4 Å². The van der Waals surface area contributed by atoms with Crippen molar-refractivity contribution < 1.29 is 14.5 Å². The van der Waals surface area contributed by atoms with Gasteiger partial charge in [-0.15, -0.1) is 0 Å². The summed E-state index contributed by atoms with van der Waals surface area (Å²) in [6.45, 7) is 2.67. The Morgan fingerprint density at radius 2 is 1.97 bits per heavy atom. The molecule has 0 saturated heterocycles. The van der Waals surface area contributed by atoms with Crippen LogP contribution in [0.15, 0.2) is 42.5 Å². The minimum atomic E-state index is -0.594. The maximum absolute atomic E-state index is 12.6. The van der Waals surface area contributed by atoms with E-state index in [1.807, 2.05) is 0 Å². The first-order chi connectivity index (χ1) is 13.9. The van der Waals surface area contributed by atoms with Crippen molar-refractivity contribution in [3.63, 3.8) is 0 Å². The molecule has 0 unspecified atom stereocenters. The van der Waals surface area contributed by atoms with Crippen molar-refractivity contribution in [2.75, 3.05) is 11.9 Å². The Labute approximate surface area is 179 Å². The summed E-state index contributed by atoms with van der Waals surface area (Å²) in [7, 11) is 0. The first-order valence-electron chi connectivity index (χ1n) is 9.20. The molecule has 2 N–H and O–H groups in total. The molecular formula is C20H22ClN3O4S. The number of hydrogen-bond acceptors (Lipinski definition) is 5. The molecule has 29 heavy (non-hydrogen) atoms. The maximum Gasteiger partial charge on any atom is 0.289 e. The molecule has 9 heteroatoms. The Kier molecular flexibility index (Phi) is 8.82. The number of benzene rings is 2. The number of carbonyl (C=O) groups is 1. The van der Waals surface area contributed by atoms with Gasteiger partial charge in [0.2, 0.25) is 0 Å². The Morgan fingerprint density at radius 3 is 2.69 bits per heavy atom. The number of unbranched alkanes of at least 4 members (excludes halogenated alkanes) is 3. The Hall–Kier alpha value is -2.71. The molecule has 0 bridgehead atoms. The van der Waals surface area contributed by atoms with Gasteiger partial charge in [0.1, 0.15) is 10.8 Å². The van der Waals surface area contributed by atoms with Gasteiger partial charge in [0.25, 0.3) is 11.6 Å². The molecule has 0 saturated carbocycles. The molecule has 0 aliphatic carbocycles. The van der Waals surface area contributed by atoms with E-state index in [0.717, 1.165) is 25.7 Å². The predicted octanol–water partition coefficient (Wildman–Crippen LogP) is 5.33. The number of nitrogens with one attached hydrogen (secondary N) is 2. The van der Waals surface area contributed by atoms with Gasteiger partial charge in [0.05, 0.1) is 17.1 Å². The average molecular weight is 436 g/mol. The molecule has 0 aliphatic rings. The molecule has 0 fully saturated rings. The molecular weight excluding hydrogens is 414 g/mol. The second kappa shape index (κ2) is 11.3. The number of nitrogens with zero attached hydrogens (tertiary/aromatic N) is 1. The third kappa shape index (κ3) is 6.99. The minimum absolute atomic E-state index is 0.00405. The van der Waals surface area contributed by atoms with Gasteiger partial charge in [-0.25, -0.2) is 0 Å². The average Bonchev–Trinajstić information content (AvgIpc) is 2.69. The van der Waals surface area contributed by atoms with E-state index in [9.17, 15) is 14.9 Å². The van der Waals surface area contributed by atoms with E-state index in [1.54, 1.807) is 24.3 Å². The first kappa shape index (κ1) is 22.6. The molecule has 2 aromatic carbocycles. The van der Waals surface area contributed by atoms with Gasteiger partial charge in [0.15, 0.2) is 5.11 Å². The highest BCUT2D eigenvalue weighted by atomic mass is 35.5. The highest BCUT2D eigenvalue weighted by Crippen LogP contribution is 2.27. The van der Waals surface area contributed by atoms with Crippen LogP contribution in [0, 0.1) is 10.1 Å². The third-order valence-electron chi connectivity index (χ3n) is 4.01. The van der Waals surface area contributed by atoms with Crippen molar-refractivity contribution >= 4 is 46.2 Å². The molecule has 0 aliphatic heterocycles. The molecule has 7 nitrogen and oxygen atoms in total. The van der Waals surface area contributed by atoms with E-state index in [-0.39, 0.29) is 15.8 Å². The smallest absolute Gasteiger partial charge is 0.289 e. The number of hydrogen-bond donors (Lipinski definition) is 2. The monoisotopic (exact) mass is 435 g/mol. The number of nitro benzene ring substituents is 1. The van der Waals surface area contributed by atoms with Crippen molar-refractivity contribution in [2.45, 2.75) is 32.6 Å². The number of halogens is 1. The van der Waals surface area contributed by atoms with Gasteiger partial charge in [-0.1, -0.05) is 49.9 Å². The van der Waals surface area contributed by atoms with Crippen LogP contribution in [0.1, 0.15) is 43.0 Å². The van der Waals surface area contributed by atoms with Crippen molar-refractivity contribution in [2.24, 2.45) is 0 Å². The molecule has 1 amide bonds. The molecule has 0 spiro atoms. The fourth-order valence-electron chi connectivity index (χ4n) is 2.55. The van der Waals surface area contributed by atoms with Gasteiger partial charge in [0, 0.05) is 11.8 Å². The van der Waals surface area contributed by atoms with Crippen LogP contribution in [0.3, 0.4) is 0 Å². The number of ether oxygens (including phenoxy) is 1. The van der Waals surface area contributed by atoms with Crippen molar-refractivity contribution in [1.82, 2.24) is 5.32 Å². The second-order valence-electron chi connectivity index (χ2n) is 6.24. The van der Waals surface area contributed by atoms with Crippen molar-refractivity contribution in [1.29, 1.82) is 0 Å². The summed E-state index contributed by atoms with van der Waals surface area (Å²) in [6.07, 6.45) is 4.28. The number of nitro groups is 1. The Morgan fingerprint density at radius 1 is 1.21 bits per heavy atom. The maximum atomic E-state index is 12.6. The predicted molar refractivity (Wildman–Crippen MR) is 118 cm³/mol. The number of carbonyl (C=O) groups excluding carboxylic acids is 1. The minimum Gasteiger partial charge on any atom is -0.493 e. The quantitative estimate of drug-likeness (QED) is 0.239. The summed E-state index contributed by atoms with van der Waals surface area (Å²) in [5.74, 6) is 0.0431. The number of thiocarbonyl (C=S) groups is 1. The zero-order valence-electron chi connectivity index (χ0n) is 15.9. The van der Waals surface area contributed by atoms with E-state index < -0.39 is 10.8 Å². The molecule has 0 atom stereocenters. The van der Waals surface area contributed by atoms with Crippen LogP contribution in [0.25, 0.3) is 0 Å². The van der Waals surface area contributed by atoms with E-state index in [4.69, 9.17) is 28.6 Å². The first-order valence-corrected chi connectivity index (χ1v) is 9.99. The molecule has 154 valence electrons. The summed E-state index contributed by atoms with van der Waals surface area (Å²) in [5, 5.41) is 16.3. The summed E-state index contributed by atoms with van der Waals surface area (Å²) < 4.78 is 5.75. The molecule has 0 aromatic heterocycles. The number of para-hydroxylation sites is 1. The normalized spacial score (nSPS) is 10.3. The van der Waals surface area contributed by atoms with Gasteiger partial charge < -0.3 is 10.1 Å². The largest absolute Gasteiger partial charge is 0.493 e. The summed E-state index contributed by atoms with van der Waals surface area (Å²) in [4.78, 5) is 23.0. The van der Waals surface area contributed by atoms with E-state index in [2.05, 4.69) is 17.6 Å². The van der Waals surface area contributed by atoms with Crippen LogP contribution in [0.5, 0.6) is 5.75 Å². The number of anilines is 1. The SMILES string of the molecule is CCCCCCOc1ccccc1C(=O)NC(=S)Nc1ccc(Cl)c([N+](=O)[O-])c1. The van der Waals surface area contributed by atoms with Crippen LogP contribution >= 0.6 is 23.8 Å². The lowest BCUT2D eigenvalue weighted by molar-refractivity contribution is -0.384. The molecule has 2 rings (SSSR count). The van der Waals surface area contributed by atoms with E-state index >= 15 is 0 Å². The molecule has 0 radical (unpaired) electrons. The Balaban J connectivity index is 1.98. The molecule has 2 aromatic rings. The highest BCUT2D eigenvalue weighted by Gasteiger charge is 2.16. The summed E-state index contributed by atoms with van der Waals surface area (Å²) in [5.41, 5.74) is 0.439. The fourth-order valence-corrected chi connectivity index (χ4v) is 2.95. The van der Waals surface area contributed by atoms with Crippen LogP contribution in [0.4, 0.5) is 11.4 Å². The van der Waals surface area contributed by atoms with Crippen LogP contribution in [-0.2, 0) is 0 Å². The highest BCUT2D eigenvalue weighted by molar-refractivity contribution is 7.80. The lowest BCUT2D eigenvalue weighted by Gasteiger charge is -2.13. The third-order valence-corrected chi connectivity index (χ3v) is 4.54. The van der Waals surface area contributed by atoms with Crippen molar-refractivity contribution in [3.8, 4) is 5.75 Å². The van der Waals surface area contributed by atoms with Crippen molar-refractivity contribution in [3.05, 3.63) is 63.2 Å². The number of rotatable bonds is 9. The topological polar surface area (TPSA) is 93.5 Å². The van der Waals surface area contributed by atoms with E-state index in [1.165, 1.54) is 18.2 Å². The zero-order valence-corrected chi connectivity index (χ0v) is 17.5. The number of amides is 1. The fraction of sp³-hybridized carbons (Fsp3) is 0.300. The second-order valence-corrected chi connectivity index (χ2v) is 7.05. The van der Waals surface area contributed by atoms with Gasteiger partial charge in [-0.2, -0.15) is 0 Å². The van der Waals surface area contributed by atoms with Crippen LogP contribution in [0.2, 0.25) is 5.02 Å². The summed E-state index contributed by atoms with van der Waals surface area (Å²) >= 11 is 10.9. The molecule has 0 heterocycles. The standard InChI is InChI=1S/C20H22ClN3O4S/c1-2-3-4-7-12-28-18-9-6-5-8-15(18)19(25)23-20(29)22-14-10-11-16(21)17(13-14)24(26)27/h5-6,8-11,13H,2-4,7,12H2,1H3,(H2,22,23,25,29). The Bertz CT molecular complexity index is 892. The summed E-state index contributed by atoms with van der Waals surface area (Å²) in [6, 6.07) is 11.1. The lowest BCUT2D eigenvalue weighted by atomic mass is 10.2.